The highest BCUT2D eigenvalue weighted by molar-refractivity contribution is 9.10. The van der Waals surface area contributed by atoms with Gasteiger partial charge in [0.15, 0.2) is 0 Å². The molecule has 1 N–H and O–H groups in total. The molecule has 0 fully saturated rings. The average molecular weight is 379 g/mol. The number of alkyl halides is 1. The first kappa shape index (κ1) is 15.5. The molecule has 0 spiro atoms. The van der Waals surface area contributed by atoms with Gasteiger partial charge in [0.1, 0.15) is 5.75 Å². The molecule has 1 aromatic rings. The van der Waals surface area contributed by atoms with E-state index in [4.69, 9.17) is 4.74 Å². The van der Waals surface area contributed by atoms with Crippen molar-refractivity contribution in [3.05, 3.63) is 28.2 Å². The maximum Gasteiger partial charge on any atom is 0.252 e. The Kier molecular flexibility index (Phi) is 5.66. The van der Waals surface area contributed by atoms with E-state index in [1.54, 1.807) is 13.2 Å². The number of carbonyl (C=O) groups is 1. The molecule has 0 aliphatic carbocycles. The summed E-state index contributed by atoms with van der Waals surface area (Å²) in [5, 5.41) is 3.86. The summed E-state index contributed by atoms with van der Waals surface area (Å²) in [6.45, 7) is 4.00. The van der Waals surface area contributed by atoms with Gasteiger partial charge in [-0.05, 0) is 54.4 Å². The van der Waals surface area contributed by atoms with Crippen molar-refractivity contribution in [2.75, 3.05) is 12.4 Å². The van der Waals surface area contributed by atoms with Crippen LogP contribution in [0.3, 0.4) is 0 Å². The van der Waals surface area contributed by atoms with Crippen molar-refractivity contribution in [1.82, 2.24) is 5.32 Å². The van der Waals surface area contributed by atoms with Gasteiger partial charge < -0.3 is 10.1 Å². The fourth-order valence-electron chi connectivity index (χ4n) is 1.48. The number of carbonyl (C=O) groups excluding carboxylic acids is 1. The molecule has 0 saturated carbocycles. The molecular formula is C13H17Br2NO2. The second-order valence-corrected chi connectivity index (χ2v) is 6.27. The Morgan fingerprint density at radius 2 is 2.11 bits per heavy atom. The number of ether oxygens (including phenoxy) is 1. The number of rotatable bonds is 5. The molecule has 100 valence electrons. The lowest BCUT2D eigenvalue weighted by Crippen LogP contribution is -2.43. The molecule has 0 aliphatic rings. The average Bonchev–Trinajstić information content (AvgIpc) is 2.28. The van der Waals surface area contributed by atoms with Crippen LogP contribution in [0.25, 0.3) is 0 Å². The lowest BCUT2D eigenvalue weighted by atomic mass is 10.0. The number of amides is 1. The number of halogens is 2. The fourth-order valence-corrected chi connectivity index (χ4v) is 2.90. The summed E-state index contributed by atoms with van der Waals surface area (Å²) in [6.07, 6.45) is 0.861. The van der Waals surface area contributed by atoms with Crippen molar-refractivity contribution in [2.24, 2.45) is 0 Å². The number of benzene rings is 1. The Bertz CT molecular complexity index is 433. The first-order valence-corrected chi connectivity index (χ1v) is 7.53. The van der Waals surface area contributed by atoms with Gasteiger partial charge in [0.2, 0.25) is 0 Å². The molecule has 1 aromatic carbocycles. The molecule has 5 heteroatoms. The Morgan fingerprint density at radius 1 is 1.44 bits per heavy atom. The SMILES string of the molecule is COc1ccc(Br)c(C(=O)NC(C)(C)CCBr)c1. The molecule has 0 bridgehead atoms. The summed E-state index contributed by atoms with van der Waals surface area (Å²) in [6, 6.07) is 5.35. The highest BCUT2D eigenvalue weighted by Gasteiger charge is 2.21. The molecule has 0 aliphatic heterocycles. The molecule has 3 nitrogen and oxygen atoms in total. The third-order valence-corrected chi connectivity index (χ3v) is 3.68. The monoisotopic (exact) mass is 377 g/mol. The lowest BCUT2D eigenvalue weighted by Gasteiger charge is -2.25. The Hall–Kier alpha value is -0.550. The Balaban J connectivity index is 2.90. The van der Waals surface area contributed by atoms with Gasteiger partial charge in [-0.1, -0.05) is 15.9 Å². The maximum atomic E-state index is 12.2. The van der Waals surface area contributed by atoms with Crippen LogP contribution in [0.5, 0.6) is 5.75 Å². The first-order valence-electron chi connectivity index (χ1n) is 5.61. The van der Waals surface area contributed by atoms with Gasteiger partial charge in [-0.3, -0.25) is 4.79 Å². The van der Waals surface area contributed by atoms with Gasteiger partial charge in [0, 0.05) is 15.3 Å². The summed E-state index contributed by atoms with van der Waals surface area (Å²) < 4.78 is 5.89. The summed E-state index contributed by atoms with van der Waals surface area (Å²) in [4.78, 5) is 12.2. The van der Waals surface area contributed by atoms with Crippen LogP contribution in [0.4, 0.5) is 0 Å². The van der Waals surface area contributed by atoms with E-state index < -0.39 is 0 Å². The number of hydrogen-bond acceptors (Lipinski definition) is 2. The van der Waals surface area contributed by atoms with Gasteiger partial charge in [-0.25, -0.2) is 0 Å². The van der Waals surface area contributed by atoms with Crippen LogP contribution in [-0.4, -0.2) is 23.9 Å². The topological polar surface area (TPSA) is 38.3 Å². The zero-order valence-electron chi connectivity index (χ0n) is 10.7. The van der Waals surface area contributed by atoms with Crippen LogP contribution < -0.4 is 10.1 Å². The second-order valence-electron chi connectivity index (χ2n) is 4.62. The van der Waals surface area contributed by atoms with Crippen LogP contribution in [0, 0.1) is 0 Å². The molecule has 0 aromatic heterocycles. The minimum absolute atomic E-state index is 0.105. The van der Waals surface area contributed by atoms with Gasteiger partial charge in [-0.15, -0.1) is 0 Å². The minimum atomic E-state index is -0.247. The Morgan fingerprint density at radius 3 is 2.67 bits per heavy atom. The van der Waals surface area contributed by atoms with Crippen LogP contribution in [-0.2, 0) is 0 Å². The van der Waals surface area contributed by atoms with Crippen molar-refractivity contribution in [3.8, 4) is 5.75 Å². The van der Waals surface area contributed by atoms with Crippen molar-refractivity contribution >= 4 is 37.8 Å². The van der Waals surface area contributed by atoms with E-state index in [0.29, 0.717) is 11.3 Å². The predicted octanol–water partition coefficient (Wildman–Crippen LogP) is 3.75. The molecule has 0 saturated heterocycles. The van der Waals surface area contributed by atoms with Crippen molar-refractivity contribution in [1.29, 1.82) is 0 Å². The Labute approximate surface area is 125 Å². The van der Waals surface area contributed by atoms with E-state index in [1.165, 1.54) is 0 Å². The minimum Gasteiger partial charge on any atom is -0.497 e. The van der Waals surface area contributed by atoms with E-state index >= 15 is 0 Å². The molecular weight excluding hydrogens is 362 g/mol. The summed E-state index contributed by atoms with van der Waals surface area (Å²) >= 11 is 6.77. The van der Waals surface area contributed by atoms with Gasteiger partial charge >= 0.3 is 0 Å². The summed E-state index contributed by atoms with van der Waals surface area (Å²) in [5.41, 5.74) is 0.334. The van der Waals surface area contributed by atoms with Gasteiger partial charge in [0.05, 0.1) is 12.7 Å². The molecule has 0 atom stereocenters. The van der Waals surface area contributed by atoms with Crippen LogP contribution >= 0.6 is 31.9 Å². The van der Waals surface area contributed by atoms with Crippen molar-refractivity contribution < 1.29 is 9.53 Å². The highest BCUT2D eigenvalue weighted by Crippen LogP contribution is 2.23. The van der Waals surface area contributed by atoms with Crippen LogP contribution in [0.1, 0.15) is 30.6 Å². The zero-order chi connectivity index (χ0) is 13.8. The lowest BCUT2D eigenvalue weighted by molar-refractivity contribution is 0.0910. The van der Waals surface area contributed by atoms with E-state index in [-0.39, 0.29) is 11.4 Å². The first-order chi connectivity index (χ1) is 8.39. The number of hydrogen-bond donors (Lipinski definition) is 1. The molecule has 0 radical (unpaired) electrons. The van der Waals surface area contributed by atoms with Crippen LogP contribution in [0.15, 0.2) is 22.7 Å². The highest BCUT2D eigenvalue weighted by atomic mass is 79.9. The molecule has 0 unspecified atom stereocenters. The standard InChI is InChI=1S/C13H17Br2NO2/c1-13(2,6-7-14)16-12(17)10-8-9(18-3)4-5-11(10)15/h4-5,8H,6-7H2,1-3H3,(H,16,17). The second kappa shape index (κ2) is 6.57. The summed E-state index contributed by atoms with van der Waals surface area (Å²) in [5.74, 6) is 0.563. The maximum absolute atomic E-state index is 12.2. The van der Waals surface area contributed by atoms with Crippen molar-refractivity contribution in [3.63, 3.8) is 0 Å². The van der Waals surface area contributed by atoms with E-state index in [2.05, 4.69) is 37.2 Å². The smallest absolute Gasteiger partial charge is 0.252 e. The van der Waals surface area contributed by atoms with E-state index in [9.17, 15) is 4.79 Å². The zero-order valence-corrected chi connectivity index (χ0v) is 13.9. The third-order valence-electron chi connectivity index (χ3n) is 2.59. The molecule has 0 heterocycles. The normalized spacial score (nSPS) is 11.2. The fraction of sp³-hybridized carbons (Fsp3) is 0.462. The largest absolute Gasteiger partial charge is 0.497 e. The van der Waals surface area contributed by atoms with Crippen molar-refractivity contribution in [2.45, 2.75) is 25.8 Å². The molecule has 1 rings (SSSR count). The summed E-state index contributed by atoms with van der Waals surface area (Å²) in [7, 11) is 1.58. The van der Waals surface area contributed by atoms with Crippen LogP contribution in [0.2, 0.25) is 0 Å². The van der Waals surface area contributed by atoms with Gasteiger partial charge in [-0.2, -0.15) is 0 Å². The molecule has 1 amide bonds. The third kappa shape index (κ3) is 4.28. The number of nitrogens with one attached hydrogen (secondary N) is 1. The number of methoxy groups -OCH3 is 1. The van der Waals surface area contributed by atoms with E-state index in [0.717, 1.165) is 16.2 Å². The molecule has 18 heavy (non-hydrogen) atoms. The predicted molar refractivity (Wildman–Crippen MR) is 80.7 cm³/mol. The van der Waals surface area contributed by atoms with E-state index in [1.807, 2.05) is 26.0 Å². The van der Waals surface area contributed by atoms with Gasteiger partial charge in [0.25, 0.3) is 5.91 Å². The quantitative estimate of drug-likeness (QED) is 0.792.